The highest BCUT2D eigenvalue weighted by Crippen LogP contribution is 2.37. The number of rotatable bonds is 5. The van der Waals surface area contributed by atoms with Crippen molar-refractivity contribution in [2.45, 2.75) is 18.9 Å². The van der Waals surface area contributed by atoms with Crippen molar-refractivity contribution in [1.29, 1.82) is 0 Å². The molecule has 1 aromatic carbocycles. The maximum atomic E-state index is 12.8. The summed E-state index contributed by atoms with van der Waals surface area (Å²) in [6, 6.07) is 7.65. The summed E-state index contributed by atoms with van der Waals surface area (Å²) in [6.07, 6.45) is 0.849. The third-order valence-corrected chi connectivity index (χ3v) is 5.66. The van der Waals surface area contributed by atoms with Crippen LogP contribution in [0.25, 0.3) is 10.4 Å². The minimum absolute atomic E-state index is 0.220. The van der Waals surface area contributed by atoms with Crippen LogP contribution in [-0.4, -0.2) is 49.2 Å². The van der Waals surface area contributed by atoms with Crippen molar-refractivity contribution in [1.82, 2.24) is 4.90 Å². The van der Waals surface area contributed by atoms with Crippen LogP contribution in [-0.2, 0) is 4.74 Å². The number of thiophene rings is 1. The number of carbonyl (C=O) groups excluding carboxylic acids is 3. The molecule has 0 saturated carbocycles. The second kappa shape index (κ2) is 8.82. The molecule has 1 unspecified atom stereocenters. The number of nitrogens with zero attached hydrogens (tertiary/aromatic N) is 1. The first kappa shape index (κ1) is 20.5. The fourth-order valence-corrected chi connectivity index (χ4v) is 4.12. The molecular formula is C19H22N4O5S. The van der Waals surface area contributed by atoms with E-state index in [9.17, 15) is 14.4 Å². The number of hydrogen-bond donors (Lipinski definition) is 3. The molecule has 1 saturated heterocycles. The molecule has 1 fully saturated rings. The Morgan fingerprint density at radius 3 is 2.72 bits per heavy atom. The van der Waals surface area contributed by atoms with E-state index in [1.807, 2.05) is 24.3 Å². The number of nitrogens with two attached hydrogens (primary N) is 2. The summed E-state index contributed by atoms with van der Waals surface area (Å²) in [7, 11) is 1.57. The van der Waals surface area contributed by atoms with Gasteiger partial charge in [0.05, 0.1) is 19.3 Å². The van der Waals surface area contributed by atoms with Crippen LogP contribution in [0.1, 0.15) is 22.5 Å². The number of primary amides is 2. The SMILES string of the molecule is COc1cccc(-c2cc(NC(N)=O)c(C(=O)OC3CCCN(C(N)=O)C3)s2)c1. The van der Waals surface area contributed by atoms with Crippen molar-refractivity contribution in [3.05, 3.63) is 35.2 Å². The van der Waals surface area contributed by atoms with Crippen molar-refractivity contribution in [3.63, 3.8) is 0 Å². The monoisotopic (exact) mass is 418 g/mol. The van der Waals surface area contributed by atoms with Crippen molar-refractivity contribution < 1.29 is 23.9 Å². The van der Waals surface area contributed by atoms with Crippen LogP contribution in [0.4, 0.5) is 15.3 Å². The zero-order chi connectivity index (χ0) is 21.0. The molecule has 154 valence electrons. The molecule has 2 aromatic rings. The van der Waals surface area contributed by atoms with Crippen LogP contribution in [0.3, 0.4) is 0 Å². The van der Waals surface area contributed by atoms with Gasteiger partial charge < -0.3 is 31.2 Å². The number of carbonyl (C=O) groups is 3. The van der Waals surface area contributed by atoms with E-state index in [0.717, 1.165) is 10.4 Å². The molecule has 1 aliphatic heterocycles. The Kier molecular flexibility index (Phi) is 6.23. The average molecular weight is 418 g/mol. The lowest BCUT2D eigenvalue weighted by Gasteiger charge is -2.31. The summed E-state index contributed by atoms with van der Waals surface area (Å²) in [5.74, 6) is 0.0717. The van der Waals surface area contributed by atoms with E-state index >= 15 is 0 Å². The molecule has 0 radical (unpaired) electrons. The van der Waals surface area contributed by atoms with Gasteiger partial charge in [-0.05, 0) is 36.6 Å². The summed E-state index contributed by atoms with van der Waals surface area (Å²) in [5.41, 5.74) is 11.7. The van der Waals surface area contributed by atoms with E-state index in [1.54, 1.807) is 13.2 Å². The molecule has 10 heteroatoms. The highest BCUT2D eigenvalue weighted by Gasteiger charge is 2.27. The lowest BCUT2D eigenvalue weighted by atomic mass is 10.1. The summed E-state index contributed by atoms with van der Waals surface area (Å²) < 4.78 is 10.8. The molecular weight excluding hydrogens is 396 g/mol. The smallest absolute Gasteiger partial charge is 0.350 e. The Hall–Kier alpha value is -3.27. The molecule has 2 heterocycles. The van der Waals surface area contributed by atoms with Crippen molar-refractivity contribution in [3.8, 4) is 16.2 Å². The van der Waals surface area contributed by atoms with Gasteiger partial charge in [-0.1, -0.05) is 12.1 Å². The van der Waals surface area contributed by atoms with Crippen molar-refractivity contribution in [2.24, 2.45) is 11.5 Å². The molecule has 5 N–H and O–H groups in total. The van der Waals surface area contributed by atoms with Gasteiger partial charge in [-0.2, -0.15) is 0 Å². The maximum Gasteiger partial charge on any atom is 0.350 e. The van der Waals surface area contributed by atoms with Gasteiger partial charge in [0.15, 0.2) is 0 Å². The lowest BCUT2D eigenvalue weighted by molar-refractivity contribution is 0.0134. The van der Waals surface area contributed by atoms with Gasteiger partial charge in [0, 0.05) is 11.4 Å². The quantitative estimate of drug-likeness (QED) is 0.641. The summed E-state index contributed by atoms with van der Waals surface area (Å²) in [6.45, 7) is 0.782. The highest BCUT2D eigenvalue weighted by atomic mass is 32.1. The van der Waals surface area contributed by atoms with E-state index in [1.165, 1.54) is 16.2 Å². The van der Waals surface area contributed by atoms with Crippen LogP contribution in [0.5, 0.6) is 5.75 Å². The molecule has 1 atom stereocenters. The van der Waals surface area contributed by atoms with E-state index in [2.05, 4.69) is 5.32 Å². The second-order valence-corrected chi connectivity index (χ2v) is 7.58. The Labute approximate surface area is 171 Å². The van der Waals surface area contributed by atoms with E-state index in [4.69, 9.17) is 20.9 Å². The first-order chi connectivity index (χ1) is 13.9. The van der Waals surface area contributed by atoms with Gasteiger partial charge in [0.2, 0.25) is 0 Å². The van der Waals surface area contributed by atoms with Crippen LogP contribution in [0.15, 0.2) is 30.3 Å². The van der Waals surface area contributed by atoms with Gasteiger partial charge in [-0.25, -0.2) is 14.4 Å². The Bertz CT molecular complexity index is 929. The summed E-state index contributed by atoms with van der Waals surface area (Å²) in [5, 5.41) is 2.47. The highest BCUT2D eigenvalue weighted by molar-refractivity contribution is 7.18. The number of amides is 4. The van der Waals surface area contributed by atoms with E-state index < -0.39 is 24.1 Å². The first-order valence-electron chi connectivity index (χ1n) is 8.97. The zero-order valence-electron chi connectivity index (χ0n) is 15.8. The number of anilines is 1. The molecule has 1 aromatic heterocycles. The Balaban J connectivity index is 1.84. The van der Waals surface area contributed by atoms with Crippen LogP contribution >= 0.6 is 11.3 Å². The topological polar surface area (TPSA) is 137 Å². The number of hydrogen-bond acceptors (Lipinski definition) is 6. The summed E-state index contributed by atoms with van der Waals surface area (Å²) >= 11 is 1.17. The predicted octanol–water partition coefficient (Wildman–Crippen LogP) is 2.61. The van der Waals surface area contributed by atoms with Crippen LogP contribution in [0.2, 0.25) is 0 Å². The number of urea groups is 2. The number of piperidine rings is 1. The van der Waals surface area contributed by atoms with Gasteiger partial charge >= 0.3 is 18.0 Å². The molecule has 0 spiro atoms. The average Bonchev–Trinajstić information content (AvgIpc) is 3.11. The van der Waals surface area contributed by atoms with Crippen molar-refractivity contribution >= 4 is 35.1 Å². The van der Waals surface area contributed by atoms with Gasteiger partial charge in [0.25, 0.3) is 0 Å². The minimum atomic E-state index is -0.786. The minimum Gasteiger partial charge on any atom is -0.497 e. The number of methoxy groups -OCH3 is 1. The maximum absolute atomic E-state index is 12.8. The molecule has 1 aliphatic rings. The largest absolute Gasteiger partial charge is 0.497 e. The normalized spacial score (nSPS) is 16.2. The lowest BCUT2D eigenvalue weighted by Crippen LogP contribution is -2.46. The number of esters is 1. The van der Waals surface area contributed by atoms with Crippen molar-refractivity contribution in [2.75, 3.05) is 25.5 Å². The molecule has 0 aliphatic carbocycles. The number of ether oxygens (including phenoxy) is 2. The van der Waals surface area contributed by atoms with Crippen LogP contribution < -0.4 is 21.5 Å². The zero-order valence-corrected chi connectivity index (χ0v) is 16.7. The fraction of sp³-hybridized carbons (Fsp3) is 0.316. The molecule has 4 amide bonds. The van der Waals surface area contributed by atoms with E-state index in [0.29, 0.717) is 25.1 Å². The molecule has 9 nitrogen and oxygen atoms in total. The number of nitrogens with one attached hydrogen (secondary N) is 1. The Morgan fingerprint density at radius 2 is 2.03 bits per heavy atom. The third kappa shape index (κ3) is 4.96. The fourth-order valence-electron chi connectivity index (χ4n) is 3.13. The molecule has 3 rings (SSSR count). The Morgan fingerprint density at radius 1 is 1.24 bits per heavy atom. The molecule has 0 bridgehead atoms. The number of likely N-dealkylation sites (tertiary alicyclic amines) is 1. The van der Waals surface area contributed by atoms with E-state index in [-0.39, 0.29) is 17.1 Å². The third-order valence-electron chi connectivity index (χ3n) is 4.49. The summed E-state index contributed by atoms with van der Waals surface area (Å²) in [4.78, 5) is 38.0. The predicted molar refractivity (Wildman–Crippen MR) is 109 cm³/mol. The first-order valence-corrected chi connectivity index (χ1v) is 9.79. The number of benzene rings is 1. The molecule has 29 heavy (non-hydrogen) atoms. The van der Waals surface area contributed by atoms with Gasteiger partial charge in [0.1, 0.15) is 16.7 Å². The van der Waals surface area contributed by atoms with Gasteiger partial charge in [-0.3, -0.25) is 0 Å². The second-order valence-electron chi connectivity index (χ2n) is 6.53. The van der Waals surface area contributed by atoms with Gasteiger partial charge in [-0.15, -0.1) is 11.3 Å². The standard InChI is InChI=1S/C19H22N4O5S/c1-27-12-5-2-4-11(8-12)15-9-14(22-18(20)25)16(29-15)17(24)28-13-6-3-7-23(10-13)19(21)26/h2,4-5,8-9,13H,3,6-7,10H2,1H3,(H2,21,26)(H3,20,22,25). The van der Waals surface area contributed by atoms with Crippen LogP contribution in [0, 0.1) is 0 Å².